The van der Waals surface area contributed by atoms with Crippen LogP contribution in [0.25, 0.3) is 4.85 Å². The summed E-state index contributed by atoms with van der Waals surface area (Å²) in [5.41, 5.74) is 0. The van der Waals surface area contributed by atoms with Crippen molar-refractivity contribution < 1.29 is 25.8 Å². The number of nitrogens with zero attached hydrogens (tertiary/aromatic N) is 1. The molecule has 3 heteroatoms. The van der Waals surface area contributed by atoms with Crippen molar-refractivity contribution in [2.45, 2.75) is 25.9 Å². The Balaban J connectivity index is 0.000001000. The third-order valence-corrected chi connectivity index (χ3v) is 1.75. The van der Waals surface area contributed by atoms with Gasteiger partial charge in [-0.3, -0.25) is 0 Å². The molecule has 0 aromatic heterocycles. The largest absolute Gasteiger partial charge is 0.544 e. The molecule has 0 bridgehead atoms. The molecule has 1 saturated heterocycles. The van der Waals surface area contributed by atoms with Crippen LogP contribution in [0.4, 0.5) is 0 Å². The minimum atomic E-state index is 0. The van der Waals surface area contributed by atoms with Gasteiger partial charge in [0.1, 0.15) is 0 Å². The van der Waals surface area contributed by atoms with Gasteiger partial charge in [0.15, 0.2) is 0 Å². The summed E-state index contributed by atoms with van der Waals surface area (Å²) in [6.07, 6.45) is 2.24. The van der Waals surface area contributed by atoms with Gasteiger partial charge in [-0.05, 0) is 6.42 Å². The van der Waals surface area contributed by atoms with E-state index in [1.807, 2.05) is 6.61 Å². The zero-order valence-corrected chi connectivity index (χ0v) is 9.55. The van der Waals surface area contributed by atoms with Gasteiger partial charge < -0.3 is 9.58 Å². The zero-order chi connectivity index (χ0) is 7.40. The summed E-state index contributed by atoms with van der Waals surface area (Å²) in [5, 5.41) is 0. The first-order chi connectivity index (χ1) is 4.83. The summed E-state index contributed by atoms with van der Waals surface area (Å²) in [4.78, 5) is 3.30. The molecule has 0 aliphatic carbocycles. The number of hydrogen-bond donors (Lipinski definition) is 0. The van der Waals surface area contributed by atoms with Crippen LogP contribution < -0.4 is 0 Å². The Hall–Kier alpha value is 0.138. The third kappa shape index (κ3) is 3.89. The number of rotatable bonds is 1. The summed E-state index contributed by atoms with van der Waals surface area (Å²) in [6.45, 7) is 11.2. The molecule has 0 unspecified atom stereocenters. The molecule has 0 N–H and O–H groups in total. The molecule has 1 aliphatic heterocycles. The smallest absolute Gasteiger partial charge is 0.237 e. The van der Waals surface area contributed by atoms with E-state index in [9.17, 15) is 0 Å². The van der Waals surface area contributed by atoms with E-state index >= 15 is 0 Å². The van der Waals surface area contributed by atoms with Crippen LogP contribution in [0.15, 0.2) is 0 Å². The molecular formula is C8H12NOW-. The van der Waals surface area contributed by atoms with Crippen LogP contribution in [-0.2, 0) is 25.8 Å². The average molecular weight is 322 g/mol. The van der Waals surface area contributed by atoms with Crippen LogP contribution in [0, 0.1) is 19.1 Å². The monoisotopic (exact) mass is 322 g/mol. The van der Waals surface area contributed by atoms with E-state index in [0.29, 0.717) is 12.5 Å². The van der Waals surface area contributed by atoms with Gasteiger partial charge in [0.2, 0.25) is 6.54 Å². The summed E-state index contributed by atoms with van der Waals surface area (Å²) in [7, 11) is 0. The van der Waals surface area contributed by atoms with Crippen LogP contribution in [0.1, 0.15) is 19.8 Å². The fourth-order valence-electron chi connectivity index (χ4n) is 1.18. The van der Waals surface area contributed by atoms with E-state index in [2.05, 4.69) is 11.8 Å². The Labute approximate surface area is 82.4 Å². The molecule has 1 fully saturated rings. The number of ether oxygens (including phenoxy) is 1. The molecule has 0 aromatic rings. The predicted octanol–water partition coefficient (Wildman–Crippen LogP) is 1.88. The second kappa shape index (κ2) is 5.75. The van der Waals surface area contributed by atoms with Gasteiger partial charge in [-0.1, -0.05) is 12.8 Å². The topological polar surface area (TPSA) is 13.6 Å². The maximum absolute atomic E-state index is 6.64. The van der Waals surface area contributed by atoms with Gasteiger partial charge in [0.25, 0.3) is 0 Å². The van der Waals surface area contributed by atoms with Crippen molar-refractivity contribution in [2.75, 3.05) is 6.54 Å². The molecule has 0 spiro atoms. The van der Waals surface area contributed by atoms with E-state index in [0.717, 1.165) is 12.8 Å². The SMILES string of the molecule is [C-]#[N+]C[C@@H]1C[C@@H](C)C[CH-]O1.[W]. The van der Waals surface area contributed by atoms with Crippen LogP contribution >= 0.6 is 0 Å². The molecule has 2 nitrogen and oxygen atoms in total. The van der Waals surface area contributed by atoms with Crippen molar-refractivity contribution in [1.82, 2.24) is 0 Å². The minimum Gasteiger partial charge on any atom is -0.544 e. The van der Waals surface area contributed by atoms with Crippen molar-refractivity contribution in [2.24, 2.45) is 5.92 Å². The van der Waals surface area contributed by atoms with Crippen molar-refractivity contribution in [3.63, 3.8) is 0 Å². The van der Waals surface area contributed by atoms with Gasteiger partial charge in [-0.15, -0.1) is 0 Å². The number of hydrogen-bond acceptors (Lipinski definition) is 1. The Morgan fingerprint density at radius 3 is 3.00 bits per heavy atom. The Kier molecular flexibility index (Phi) is 5.82. The molecule has 1 heterocycles. The van der Waals surface area contributed by atoms with Crippen molar-refractivity contribution in [1.29, 1.82) is 0 Å². The van der Waals surface area contributed by atoms with Gasteiger partial charge in [-0.25, -0.2) is 13.2 Å². The van der Waals surface area contributed by atoms with E-state index in [4.69, 9.17) is 11.3 Å². The summed E-state index contributed by atoms with van der Waals surface area (Å²) in [6, 6.07) is 0. The molecular weight excluding hydrogens is 310 g/mol. The normalized spacial score (nSPS) is 30.2. The summed E-state index contributed by atoms with van der Waals surface area (Å²) >= 11 is 0. The second-order valence-electron chi connectivity index (χ2n) is 2.84. The van der Waals surface area contributed by atoms with Crippen LogP contribution in [0.2, 0.25) is 0 Å². The molecule has 0 aromatic carbocycles. The van der Waals surface area contributed by atoms with Crippen molar-refractivity contribution in [3.8, 4) is 0 Å². The summed E-state index contributed by atoms with van der Waals surface area (Å²) < 4.78 is 5.25. The van der Waals surface area contributed by atoms with Crippen LogP contribution in [0.3, 0.4) is 0 Å². The molecule has 0 radical (unpaired) electrons. The minimum absolute atomic E-state index is 0. The first-order valence-electron chi connectivity index (χ1n) is 3.63. The Bertz CT molecular complexity index is 144. The fraction of sp³-hybridized carbons (Fsp3) is 0.750. The zero-order valence-electron chi connectivity index (χ0n) is 6.62. The molecule has 62 valence electrons. The Morgan fingerprint density at radius 2 is 2.45 bits per heavy atom. The van der Waals surface area contributed by atoms with Gasteiger partial charge >= 0.3 is 0 Å². The van der Waals surface area contributed by atoms with E-state index in [-0.39, 0.29) is 27.2 Å². The molecule has 0 saturated carbocycles. The van der Waals surface area contributed by atoms with Crippen molar-refractivity contribution in [3.05, 3.63) is 18.0 Å². The predicted molar refractivity (Wildman–Crippen MR) is 39.0 cm³/mol. The molecule has 1 aliphatic rings. The quantitative estimate of drug-likeness (QED) is 0.672. The van der Waals surface area contributed by atoms with Crippen LogP contribution in [-0.4, -0.2) is 12.6 Å². The van der Waals surface area contributed by atoms with Gasteiger partial charge in [-0.2, -0.15) is 6.42 Å². The van der Waals surface area contributed by atoms with Crippen LogP contribution in [0.5, 0.6) is 0 Å². The standard InChI is InChI=1S/C8H12NO.W/c1-7-3-4-10-8(5-7)6-9-2;/h4,7-8H,3,5-6H2,1H3;/q-1;/t7-,8-;/m0./s1. The van der Waals surface area contributed by atoms with E-state index in [1.165, 1.54) is 0 Å². The first-order valence-corrected chi connectivity index (χ1v) is 3.63. The molecule has 2 atom stereocenters. The maximum atomic E-state index is 6.64. The van der Waals surface area contributed by atoms with Gasteiger partial charge in [0, 0.05) is 21.1 Å². The second-order valence-corrected chi connectivity index (χ2v) is 2.84. The van der Waals surface area contributed by atoms with E-state index in [1.54, 1.807) is 0 Å². The van der Waals surface area contributed by atoms with Gasteiger partial charge in [0.05, 0.1) is 6.10 Å². The van der Waals surface area contributed by atoms with Crippen molar-refractivity contribution >= 4 is 0 Å². The summed E-state index contributed by atoms with van der Waals surface area (Å²) in [5.74, 6) is 0.695. The molecule has 0 amide bonds. The fourth-order valence-corrected chi connectivity index (χ4v) is 1.18. The van der Waals surface area contributed by atoms with E-state index < -0.39 is 0 Å². The maximum Gasteiger partial charge on any atom is 0.237 e. The molecule has 1 rings (SSSR count). The Morgan fingerprint density at radius 1 is 1.73 bits per heavy atom. The molecule has 11 heavy (non-hydrogen) atoms. The first kappa shape index (κ1) is 11.1. The third-order valence-electron chi connectivity index (χ3n) is 1.75. The average Bonchev–Trinajstić information content (AvgIpc) is 1.88.